The number of sulfonamides is 1. The second-order valence-electron chi connectivity index (χ2n) is 9.79. The number of hydrogen-bond donors (Lipinski definition) is 2. The molecule has 3 aliphatic rings. The van der Waals surface area contributed by atoms with Gasteiger partial charge in [0.2, 0.25) is 5.82 Å². The maximum atomic E-state index is 15.3. The molecule has 3 saturated heterocycles. The van der Waals surface area contributed by atoms with E-state index >= 15 is 4.39 Å². The van der Waals surface area contributed by atoms with E-state index in [0.717, 1.165) is 55.9 Å². The van der Waals surface area contributed by atoms with Crippen molar-refractivity contribution < 1.29 is 49.2 Å². The van der Waals surface area contributed by atoms with Gasteiger partial charge in [0.25, 0.3) is 10.0 Å². The van der Waals surface area contributed by atoms with Crippen LogP contribution in [0.1, 0.15) is 5.56 Å². The number of rotatable bonds is 10. The van der Waals surface area contributed by atoms with Crippen LogP contribution < -0.4 is 14.0 Å². The number of hydrogen-bond acceptors (Lipinski definition) is 8. The monoisotopic (exact) mass is 635 g/mol. The molecule has 2 aromatic carbocycles. The molecule has 10 nitrogen and oxygen atoms in total. The van der Waals surface area contributed by atoms with Gasteiger partial charge in [-0.1, -0.05) is 0 Å². The van der Waals surface area contributed by atoms with Crippen LogP contribution in [-0.2, 0) is 14.6 Å². The summed E-state index contributed by atoms with van der Waals surface area (Å²) in [7, 11) is -9.37. The van der Waals surface area contributed by atoms with E-state index in [1.165, 1.54) is 0 Å². The molecule has 2 bridgehead atoms. The molecule has 220 valence electrons. The zero-order valence-electron chi connectivity index (χ0n) is 21.3. The first-order valence-corrected chi connectivity index (χ1v) is 16.4. The van der Waals surface area contributed by atoms with Gasteiger partial charge in [-0.15, -0.1) is 11.3 Å². The van der Waals surface area contributed by atoms with Crippen LogP contribution >= 0.6 is 18.9 Å². The number of thiophene rings is 1. The van der Waals surface area contributed by atoms with Crippen molar-refractivity contribution in [2.75, 3.05) is 58.7 Å². The number of halogens is 4. The van der Waals surface area contributed by atoms with E-state index in [0.29, 0.717) is 18.7 Å². The van der Waals surface area contributed by atoms with Crippen LogP contribution in [0.15, 0.2) is 28.5 Å². The molecule has 2 N–H and O–H groups in total. The zero-order valence-corrected chi connectivity index (χ0v) is 23.8. The molecule has 0 aliphatic carbocycles. The minimum Gasteiger partial charge on any atom is -0.481 e. The van der Waals surface area contributed by atoms with Crippen LogP contribution in [0.5, 0.6) is 11.5 Å². The fourth-order valence-electron chi connectivity index (χ4n) is 4.86. The second-order valence-corrected chi connectivity index (χ2v) is 14.6. The minimum absolute atomic E-state index is 0.0637. The van der Waals surface area contributed by atoms with Crippen molar-refractivity contribution in [2.24, 2.45) is 0 Å². The van der Waals surface area contributed by atoms with Gasteiger partial charge in [0, 0.05) is 31.1 Å². The summed E-state index contributed by atoms with van der Waals surface area (Å²) in [6.07, 6.45) is -1.18. The smallest absolute Gasteiger partial charge is 0.391 e. The van der Waals surface area contributed by atoms with Gasteiger partial charge < -0.3 is 18.6 Å². The first kappa shape index (κ1) is 29.7. The fourth-order valence-corrected chi connectivity index (χ4v) is 8.80. The lowest BCUT2D eigenvalue weighted by Crippen LogP contribution is -2.68. The number of benzene rings is 2. The van der Waals surface area contributed by atoms with E-state index in [1.807, 2.05) is 4.72 Å². The molecule has 6 rings (SSSR count). The van der Waals surface area contributed by atoms with Gasteiger partial charge in [0.1, 0.15) is 41.3 Å². The fraction of sp³-hybridized carbons (Fsp3) is 0.375. The predicted octanol–water partition coefficient (Wildman–Crippen LogP) is 3.35. The van der Waals surface area contributed by atoms with Crippen LogP contribution in [-0.4, -0.2) is 81.4 Å². The normalized spacial score (nSPS) is 21.9. The molecule has 0 radical (unpaired) electrons. The molecule has 3 aromatic rings. The maximum Gasteiger partial charge on any atom is 0.391 e. The molecule has 3 aliphatic heterocycles. The van der Waals surface area contributed by atoms with E-state index in [1.54, 1.807) is 6.07 Å². The van der Waals surface area contributed by atoms with E-state index in [-0.39, 0.29) is 23.5 Å². The molecule has 1 atom stereocenters. The third-order valence-corrected chi connectivity index (χ3v) is 11.5. The van der Waals surface area contributed by atoms with Crippen LogP contribution in [0.4, 0.5) is 17.6 Å². The lowest BCUT2D eigenvalue weighted by molar-refractivity contribution is -0.940. The number of nitrogens with one attached hydrogen (secondary N) is 1. The van der Waals surface area contributed by atoms with Crippen molar-refractivity contribution in [2.45, 2.75) is 4.21 Å². The first-order chi connectivity index (χ1) is 19.3. The maximum absolute atomic E-state index is 15.3. The Morgan fingerprint density at radius 2 is 1.78 bits per heavy atom. The van der Waals surface area contributed by atoms with Gasteiger partial charge in [-0.3, -0.25) is 4.90 Å². The molecule has 17 heteroatoms. The Bertz CT molecular complexity index is 1690. The van der Waals surface area contributed by atoms with Crippen LogP contribution in [0.3, 0.4) is 0 Å². The van der Waals surface area contributed by atoms with Crippen molar-refractivity contribution in [1.82, 2.24) is 9.62 Å². The Morgan fingerprint density at radius 3 is 2.41 bits per heavy atom. The Labute approximate surface area is 236 Å². The topological polar surface area (TPSA) is 129 Å². The van der Waals surface area contributed by atoms with Crippen LogP contribution in [0.25, 0.3) is 10.1 Å². The average molecular weight is 636 g/mol. The average Bonchev–Trinajstić information content (AvgIpc) is 3.41. The summed E-state index contributed by atoms with van der Waals surface area (Å²) >= 11 is 0.286. The first-order valence-electron chi connectivity index (χ1n) is 12.3. The lowest BCUT2D eigenvalue weighted by Gasteiger charge is -2.50. The summed E-state index contributed by atoms with van der Waals surface area (Å²) in [4.78, 5) is 12.4. The summed E-state index contributed by atoms with van der Waals surface area (Å²) in [6, 6.07) is 5.00. The molecular weight excluding hydrogens is 611 g/mol. The van der Waals surface area contributed by atoms with E-state index in [4.69, 9.17) is 14.5 Å². The number of quaternary nitrogens is 1. The Kier molecular flexibility index (Phi) is 8.07. The van der Waals surface area contributed by atoms with Gasteiger partial charge in [0.15, 0.2) is 17.4 Å². The van der Waals surface area contributed by atoms with Crippen molar-refractivity contribution in [1.29, 1.82) is 5.26 Å². The van der Waals surface area contributed by atoms with Gasteiger partial charge in [-0.25, -0.2) is 26.2 Å². The molecular formula is C24H24F4N4O6PS2+. The highest BCUT2D eigenvalue weighted by Gasteiger charge is 2.38. The van der Waals surface area contributed by atoms with Gasteiger partial charge >= 0.3 is 7.60 Å². The number of nitriles is 1. The van der Waals surface area contributed by atoms with Crippen molar-refractivity contribution in [3.8, 4) is 17.6 Å². The van der Waals surface area contributed by atoms with E-state index < -0.39 is 73.0 Å². The molecule has 41 heavy (non-hydrogen) atoms. The summed E-state index contributed by atoms with van der Waals surface area (Å²) in [5, 5.41) is 8.13. The number of ether oxygens (including phenoxy) is 1. The lowest BCUT2D eigenvalue weighted by atomic mass is 10.1. The number of nitrogens with zero attached hydrogens (tertiary/aromatic N) is 3. The largest absolute Gasteiger partial charge is 0.481 e. The molecule has 1 aromatic heterocycles. The van der Waals surface area contributed by atoms with Gasteiger partial charge in [-0.05, 0) is 18.2 Å². The number of piperazine rings is 3. The summed E-state index contributed by atoms with van der Waals surface area (Å²) in [5.41, 5.74) is -0.339. The highest BCUT2D eigenvalue weighted by atomic mass is 32.2. The highest BCUT2D eigenvalue weighted by Crippen LogP contribution is 2.43. The third-order valence-electron chi connectivity index (χ3n) is 7.25. The predicted molar refractivity (Wildman–Crippen MR) is 140 cm³/mol. The summed E-state index contributed by atoms with van der Waals surface area (Å²) in [6.45, 7) is 5.86. The van der Waals surface area contributed by atoms with Crippen molar-refractivity contribution in [3.05, 3.63) is 53.1 Å². The van der Waals surface area contributed by atoms with Gasteiger partial charge in [-0.2, -0.15) is 14.4 Å². The van der Waals surface area contributed by atoms with E-state index in [2.05, 4.69) is 4.90 Å². The highest BCUT2D eigenvalue weighted by molar-refractivity contribution is 7.92. The number of fused-ring (bicyclic) bond motifs is 4. The Morgan fingerprint density at radius 1 is 1.10 bits per heavy atom. The van der Waals surface area contributed by atoms with Crippen molar-refractivity contribution in [3.63, 3.8) is 0 Å². The van der Waals surface area contributed by atoms with Crippen LogP contribution in [0, 0.1) is 34.6 Å². The molecule has 0 spiro atoms. The minimum atomic E-state index is -4.74. The third kappa shape index (κ3) is 6.07. The van der Waals surface area contributed by atoms with Crippen molar-refractivity contribution >= 4 is 39.0 Å². The summed E-state index contributed by atoms with van der Waals surface area (Å²) < 4.78 is 108. The molecule has 4 heterocycles. The molecule has 0 saturated carbocycles. The molecule has 3 fully saturated rings. The second kappa shape index (κ2) is 11.1. The van der Waals surface area contributed by atoms with Gasteiger partial charge in [0.05, 0.1) is 29.9 Å². The zero-order chi connectivity index (χ0) is 29.6. The SMILES string of the molecule is N#Cc1ccc(OP(=O)(O)CNS(=O)(=O)c2cc3c(F)c(F)c(OCC[N+]45CCN(CC4)CC5)c(F)c3s2)cc1F. The Balaban J connectivity index is 1.30. The Hall–Kier alpha value is -2.77. The standard InChI is InChI=1S/C24H23F4N4O6PS2/c25-18-11-16(2-1-15(18)13-29)38-39(33,34)14-30-41(35,36)19-12-17-20(26)21(27)23(22(28)24(17)40-19)37-10-9-32-6-3-31(4-7-32)5-8-32/h1-2,11-12,30H,3-10,14H2/p+1. The molecule has 1 unspecified atom stereocenters. The van der Waals surface area contributed by atoms with E-state index in [9.17, 15) is 31.0 Å². The summed E-state index contributed by atoms with van der Waals surface area (Å²) in [5.74, 6) is -6.73. The van der Waals surface area contributed by atoms with Crippen LogP contribution in [0.2, 0.25) is 0 Å². The quantitative estimate of drug-likeness (QED) is 0.150. The molecule has 0 amide bonds.